The second-order valence-corrected chi connectivity index (χ2v) is 6.08. The Bertz CT molecular complexity index is 767. The van der Waals surface area contributed by atoms with Crippen molar-refractivity contribution in [3.05, 3.63) is 60.2 Å². The Labute approximate surface area is 140 Å². The molecule has 3 atom stereocenters. The summed E-state index contributed by atoms with van der Waals surface area (Å²) < 4.78 is 0. The molecule has 3 rings (SSSR count). The van der Waals surface area contributed by atoms with Gasteiger partial charge in [0.25, 0.3) is 0 Å². The van der Waals surface area contributed by atoms with Gasteiger partial charge in [-0.25, -0.2) is 4.98 Å². The summed E-state index contributed by atoms with van der Waals surface area (Å²) in [5, 5.41) is 20.4. The lowest BCUT2D eigenvalue weighted by atomic mass is 9.69. The van der Waals surface area contributed by atoms with Gasteiger partial charge < -0.3 is 10.2 Å². The topological polar surface area (TPSA) is 83.3 Å². The molecule has 0 aliphatic heterocycles. The van der Waals surface area contributed by atoms with E-state index in [2.05, 4.69) is 21.8 Å². The number of benzene rings is 1. The molecule has 1 aromatic heterocycles. The van der Waals surface area contributed by atoms with Gasteiger partial charge in [0.15, 0.2) is 0 Å². The summed E-state index contributed by atoms with van der Waals surface area (Å²) in [6.45, 7) is 0. The molecule has 0 radical (unpaired) electrons. The highest BCUT2D eigenvalue weighted by Crippen LogP contribution is 2.42. The Morgan fingerprint density at radius 3 is 2.71 bits per heavy atom. The lowest BCUT2D eigenvalue weighted by molar-refractivity contribution is -0.145. The van der Waals surface area contributed by atoms with Crippen LogP contribution in [0.1, 0.15) is 36.4 Å². The summed E-state index contributed by atoms with van der Waals surface area (Å²) in [5.41, 5.74) is 0.191. The van der Waals surface area contributed by atoms with Crippen molar-refractivity contribution in [2.24, 2.45) is 5.92 Å². The van der Waals surface area contributed by atoms with E-state index in [9.17, 15) is 15.0 Å². The molecule has 1 saturated carbocycles. The first-order chi connectivity index (χ1) is 11.6. The van der Waals surface area contributed by atoms with E-state index in [-0.39, 0.29) is 5.92 Å². The minimum Gasteiger partial charge on any atom is -0.481 e. The molecule has 2 aromatic rings. The number of rotatable bonds is 2. The van der Waals surface area contributed by atoms with Crippen molar-refractivity contribution in [2.75, 3.05) is 0 Å². The van der Waals surface area contributed by atoms with Crippen molar-refractivity contribution in [3.8, 4) is 11.8 Å². The second-order valence-electron chi connectivity index (χ2n) is 6.08. The van der Waals surface area contributed by atoms with Gasteiger partial charge in [-0.05, 0) is 30.7 Å². The van der Waals surface area contributed by atoms with Crippen LogP contribution in [0.2, 0.25) is 0 Å². The number of carboxylic acid groups (broad SMARTS) is 1. The van der Waals surface area contributed by atoms with Gasteiger partial charge in [-0.1, -0.05) is 36.3 Å². The van der Waals surface area contributed by atoms with Gasteiger partial charge in [-0.3, -0.25) is 9.78 Å². The second kappa shape index (κ2) is 6.81. The predicted octanol–water partition coefficient (Wildman–Crippen LogP) is 2.23. The zero-order chi connectivity index (χ0) is 17.0. The molecule has 1 fully saturated rings. The van der Waals surface area contributed by atoms with Crippen LogP contribution in [0.3, 0.4) is 0 Å². The molecule has 5 heteroatoms. The largest absolute Gasteiger partial charge is 0.481 e. The Balaban J connectivity index is 1.87. The average molecular weight is 322 g/mol. The van der Waals surface area contributed by atoms with Crippen LogP contribution in [0, 0.1) is 17.8 Å². The molecule has 0 bridgehead atoms. The normalized spacial score (nSPS) is 26.2. The summed E-state index contributed by atoms with van der Waals surface area (Å²) in [7, 11) is 0. The predicted molar refractivity (Wildman–Crippen MR) is 88.0 cm³/mol. The highest BCUT2D eigenvalue weighted by Gasteiger charge is 2.42. The highest BCUT2D eigenvalue weighted by atomic mass is 16.4. The Kier molecular flexibility index (Phi) is 4.59. The first-order valence-corrected chi connectivity index (χ1v) is 7.87. The molecule has 0 spiro atoms. The number of hydrogen-bond donors (Lipinski definition) is 2. The van der Waals surface area contributed by atoms with E-state index in [1.54, 1.807) is 12.4 Å². The maximum Gasteiger partial charge on any atom is 0.307 e. The molecular weight excluding hydrogens is 304 g/mol. The van der Waals surface area contributed by atoms with Gasteiger partial charge in [-0.2, -0.15) is 0 Å². The summed E-state index contributed by atoms with van der Waals surface area (Å²) >= 11 is 0. The third-order valence-electron chi connectivity index (χ3n) is 4.44. The van der Waals surface area contributed by atoms with Crippen molar-refractivity contribution >= 4 is 5.97 Å². The standard InChI is InChI=1S/C19H18N2O3/c22-18(23)16-7-9-19(24,8-6-15-13-20-10-11-21-15)12-17(16)14-4-2-1-3-5-14/h1-5,10-11,13,16-17,24H,7,9,12H2,(H,22,23)/t16-,17+,19?/m1/s1. The molecule has 24 heavy (non-hydrogen) atoms. The molecule has 1 heterocycles. The van der Waals surface area contributed by atoms with E-state index in [0.29, 0.717) is 25.0 Å². The maximum atomic E-state index is 11.6. The summed E-state index contributed by atoms with van der Waals surface area (Å²) in [6, 6.07) is 9.47. The monoisotopic (exact) mass is 322 g/mol. The van der Waals surface area contributed by atoms with E-state index >= 15 is 0 Å². The first-order valence-electron chi connectivity index (χ1n) is 7.87. The fourth-order valence-corrected chi connectivity index (χ4v) is 3.21. The molecule has 5 nitrogen and oxygen atoms in total. The third kappa shape index (κ3) is 3.61. The van der Waals surface area contributed by atoms with Crippen molar-refractivity contribution in [3.63, 3.8) is 0 Å². The number of carboxylic acids is 1. The van der Waals surface area contributed by atoms with E-state index < -0.39 is 17.5 Å². The minimum absolute atomic E-state index is 0.265. The number of aliphatic carboxylic acids is 1. The number of nitrogens with zero attached hydrogens (tertiary/aromatic N) is 2. The maximum absolute atomic E-state index is 11.6. The minimum atomic E-state index is -1.22. The van der Waals surface area contributed by atoms with Crippen molar-refractivity contribution in [2.45, 2.75) is 30.8 Å². The molecule has 1 aliphatic rings. The Hall–Kier alpha value is -2.71. The SMILES string of the molecule is O=C(O)[C@@H]1CCC(O)(C#Cc2cnccn2)C[C@H]1c1ccccc1. The van der Waals surface area contributed by atoms with Crippen LogP contribution < -0.4 is 0 Å². The molecular formula is C19H18N2O3. The number of aromatic nitrogens is 2. The molecule has 1 unspecified atom stereocenters. The molecule has 122 valence electrons. The van der Waals surface area contributed by atoms with Crippen LogP contribution in [0.5, 0.6) is 0 Å². The van der Waals surface area contributed by atoms with Gasteiger partial charge in [-0.15, -0.1) is 0 Å². The Morgan fingerprint density at radius 1 is 1.25 bits per heavy atom. The van der Waals surface area contributed by atoms with E-state index in [4.69, 9.17) is 0 Å². The average Bonchev–Trinajstić information content (AvgIpc) is 2.61. The molecule has 1 aliphatic carbocycles. The summed E-state index contributed by atoms with van der Waals surface area (Å²) in [6.07, 6.45) is 5.65. The third-order valence-corrected chi connectivity index (χ3v) is 4.44. The zero-order valence-electron chi connectivity index (χ0n) is 13.1. The van der Waals surface area contributed by atoms with Crippen LogP contribution >= 0.6 is 0 Å². The van der Waals surface area contributed by atoms with Crippen molar-refractivity contribution in [1.29, 1.82) is 0 Å². The van der Waals surface area contributed by atoms with Crippen LogP contribution in [0.4, 0.5) is 0 Å². The molecule has 0 saturated heterocycles. The van der Waals surface area contributed by atoms with E-state index in [1.165, 1.54) is 6.20 Å². The fourth-order valence-electron chi connectivity index (χ4n) is 3.21. The van der Waals surface area contributed by atoms with Gasteiger partial charge in [0, 0.05) is 18.3 Å². The van der Waals surface area contributed by atoms with Crippen molar-refractivity contribution in [1.82, 2.24) is 9.97 Å². The molecule has 0 amide bonds. The lowest BCUT2D eigenvalue weighted by Crippen LogP contribution is -2.39. The smallest absolute Gasteiger partial charge is 0.307 e. The van der Waals surface area contributed by atoms with Crippen LogP contribution in [-0.2, 0) is 4.79 Å². The molecule has 1 aromatic carbocycles. The van der Waals surface area contributed by atoms with Gasteiger partial charge in [0.1, 0.15) is 11.3 Å². The fraction of sp³-hybridized carbons (Fsp3) is 0.316. The van der Waals surface area contributed by atoms with Crippen LogP contribution in [0.25, 0.3) is 0 Å². The number of carbonyl (C=O) groups is 1. The van der Waals surface area contributed by atoms with E-state index in [0.717, 1.165) is 5.56 Å². The van der Waals surface area contributed by atoms with Crippen molar-refractivity contribution < 1.29 is 15.0 Å². The van der Waals surface area contributed by atoms with Gasteiger partial charge >= 0.3 is 5.97 Å². The summed E-state index contributed by atoms with van der Waals surface area (Å²) in [4.78, 5) is 19.6. The zero-order valence-corrected chi connectivity index (χ0v) is 13.1. The van der Waals surface area contributed by atoms with Crippen LogP contribution in [-0.4, -0.2) is 31.8 Å². The quantitative estimate of drug-likeness (QED) is 0.829. The number of hydrogen-bond acceptors (Lipinski definition) is 4. The lowest BCUT2D eigenvalue weighted by Gasteiger charge is -2.37. The first kappa shape index (κ1) is 16.2. The van der Waals surface area contributed by atoms with E-state index in [1.807, 2.05) is 30.3 Å². The van der Waals surface area contributed by atoms with Crippen LogP contribution in [0.15, 0.2) is 48.9 Å². The molecule has 2 N–H and O–H groups in total. The van der Waals surface area contributed by atoms with Gasteiger partial charge in [0.05, 0.1) is 12.1 Å². The van der Waals surface area contributed by atoms with Gasteiger partial charge in [0.2, 0.25) is 0 Å². The number of aliphatic hydroxyl groups is 1. The summed E-state index contributed by atoms with van der Waals surface area (Å²) in [5.74, 6) is 4.13. The highest BCUT2D eigenvalue weighted by molar-refractivity contribution is 5.71. The Morgan fingerprint density at radius 2 is 2.04 bits per heavy atom.